The van der Waals surface area contributed by atoms with E-state index in [1.807, 2.05) is 0 Å². The molecular formula is C8H12Cl2N4O. The first-order chi connectivity index (χ1) is 6.74. The molecule has 2 heterocycles. The first-order valence-corrected chi connectivity index (χ1v) is 4.83. The summed E-state index contributed by atoms with van der Waals surface area (Å²) in [4.78, 5) is 11.4. The van der Waals surface area contributed by atoms with Crippen LogP contribution in [-0.4, -0.2) is 29.2 Å². The lowest BCUT2D eigenvalue weighted by atomic mass is 9.99. The summed E-state index contributed by atoms with van der Waals surface area (Å²) < 4.78 is 0. The van der Waals surface area contributed by atoms with E-state index in [0.29, 0.717) is 23.3 Å². The van der Waals surface area contributed by atoms with Crippen LogP contribution in [0.4, 0.5) is 5.82 Å². The number of carbonyl (C=O) groups excluding carboxylic acids is 1. The number of aromatic nitrogens is 2. The summed E-state index contributed by atoms with van der Waals surface area (Å²) in [5.41, 5.74) is 0. The Hall–Kier alpha value is -0.780. The topological polar surface area (TPSA) is 69.8 Å². The van der Waals surface area contributed by atoms with Crippen LogP contribution in [0.15, 0.2) is 6.07 Å². The molecule has 15 heavy (non-hydrogen) atoms. The number of anilines is 1. The Labute approximate surface area is 98.4 Å². The Morgan fingerprint density at radius 1 is 1.67 bits per heavy atom. The summed E-state index contributed by atoms with van der Waals surface area (Å²) in [5, 5.41) is 12.5. The Morgan fingerprint density at radius 3 is 2.87 bits per heavy atom. The number of carbonyl (C=O) groups is 1. The van der Waals surface area contributed by atoms with E-state index in [1.54, 1.807) is 6.07 Å². The third kappa shape index (κ3) is 3.37. The summed E-state index contributed by atoms with van der Waals surface area (Å²) in [6.07, 6.45) is 0.539. The Morgan fingerprint density at radius 2 is 2.40 bits per heavy atom. The van der Waals surface area contributed by atoms with Crippen molar-refractivity contribution < 1.29 is 4.79 Å². The monoisotopic (exact) mass is 250 g/mol. The lowest BCUT2D eigenvalue weighted by Crippen LogP contribution is -2.43. The second kappa shape index (κ2) is 5.34. The molecule has 2 rings (SSSR count). The van der Waals surface area contributed by atoms with E-state index in [4.69, 9.17) is 11.6 Å². The summed E-state index contributed by atoms with van der Waals surface area (Å²) >= 11 is 5.61. The number of hydrogen-bond donors (Lipinski definition) is 3. The van der Waals surface area contributed by atoms with Crippen LogP contribution < -0.4 is 10.6 Å². The van der Waals surface area contributed by atoms with Gasteiger partial charge in [-0.25, -0.2) is 0 Å². The van der Waals surface area contributed by atoms with Gasteiger partial charge >= 0.3 is 0 Å². The Bertz CT molecular complexity index is 337. The molecule has 1 amide bonds. The molecule has 1 fully saturated rings. The van der Waals surface area contributed by atoms with Gasteiger partial charge in [-0.15, -0.1) is 12.4 Å². The fourth-order valence-electron chi connectivity index (χ4n) is 1.31. The number of hydrogen-bond acceptors (Lipinski definition) is 3. The van der Waals surface area contributed by atoms with E-state index in [2.05, 4.69) is 20.8 Å². The second-order valence-corrected chi connectivity index (χ2v) is 3.78. The molecule has 84 valence electrons. The molecule has 1 aromatic rings. The molecule has 0 bridgehead atoms. The van der Waals surface area contributed by atoms with Gasteiger partial charge in [-0.2, -0.15) is 5.10 Å². The van der Waals surface area contributed by atoms with Crippen LogP contribution in [-0.2, 0) is 4.79 Å². The van der Waals surface area contributed by atoms with E-state index >= 15 is 0 Å². The molecule has 0 atom stereocenters. The Kier molecular flexibility index (Phi) is 4.38. The second-order valence-electron chi connectivity index (χ2n) is 3.38. The number of amides is 1. The first-order valence-electron chi connectivity index (χ1n) is 4.45. The van der Waals surface area contributed by atoms with Crippen molar-refractivity contribution in [1.29, 1.82) is 0 Å². The lowest BCUT2D eigenvalue weighted by molar-refractivity contribution is -0.117. The van der Waals surface area contributed by atoms with E-state index < -0.39 is 0 Å². The van der Waals surface area contributed by atoms with Crippen molar-refractivity contribution in [2.75, 3.05) is 18.4 Å². The van der Waals surface area contributed by atoms with Crippen LogP contribution in [0.1, 0.15) is 6.42 Å². The average Bonchev–Trinajstić information content (AvgIpc) is 2.44. The van der Waals surface area contributed by atoms with Crippen molar-refractivity contribution in [3.63, 3.8) is 0 Å². The average molecular weight is 251 g/mol. The SMILES string of the molecule is Cl.O=C(CC1CNC1)Nc1cc(Cl)[nH]n1. The van der Waals surface area contributed by atoms with Gasteiger partial charge in [-0.1, -0.05) is 11.6 Å². The van der Waals surface area contributed by atoms with Crippen molar-refractivity contribution in [3.05, 3.63) is 11.2 Å². The quantitative estimate of drug-likeness (QED) is 0.751. The van der Waals surface area contributed by atoms with E-state index in [-0.39, 0.29) is 18.3 Å². The minimum Gasteiger partial charge on any atom is -0.316 e. The van der Waals surface area contributed by atoms with Gasteiger partial charge in [-0.3, -0.25) is 9.89 Å². The van der Waals surface area contributed by atoms with E-state index in [0.717, 1.165) is 13.1 Å². The van der Waals surface area contributed by atoms with Crippen molar-refractivity contribution in [2.45, 2.75) is 6.42 Å². The highest BCUT2D eigenvalue weighted by molar-refractivity contribution is 6.29. The van der Waals surface area contributed by atoms with Crippen LogP contribution in [0.2, 0.25) is 5.15 Å². The fourth-order valence-corrected chi connectivity index (χ4v) is 1.46. The normalized spacial score (nSPS) is 15.3. The zero-order chi connectivity index (χ0) is 9.97. The maximum Gasteiger partial charge on any atom is 0.225 e. The molecule has 7 heteroatoms. The molecular weight excluding hydrogens is 239 g/mol. The minimum atomic E-state index is -0.0142. The largest absolute Gasteiger partial charge is 0.316 e. The van der Waals surface area contributed by atoms with Gasteiger partial charge in [0.25, 0.3) is 0 Å². The molecule has 1 aliphatic heterocycles. The predicted octanol–water partition coefficient (Wildman–Crippen LogP) is 1.03. The number of aromatic amines is 1. The third-order valence-corrected chi connectivity index (χ3v) is 2.35. The first kappa shape index (κ1) is 12.3. The van der Waals surface area contributed by atoms with Crippen molar-refractivity contribution in [1.82, 2.24) is 15.5 Å². The van der Waals surface area contributed by atoms with Gasteiger partial charge in [0.05, 0.1) is 0 Å². The molecule has 0 spiro atoms. The molecule has 0 unspecified atom stereocenters. The maximum absolute atomic E-state index is 11.4. The number of H-pyrrole nitrogens is 1. The van der Waals surface area contributed by atoms with Crippen LogP contribution in [0.25, 0.3) is 0 Å². The van der Waals surface area contributed by atoms with Crippen LogP contribution in [0, 0.1) is 5.92 Å². The highest BCUT2D eigenvalue weighted by atomic mass is 35.5. The molecule has 0 radical (unpaired) electrons. The summed E-state index contributed by atoms with van der Waals surface area (Å²) in [5.74, 6) is 0.927. The number of rotatable bonds is 3. The molecule has 5 nitrogen and oxygen atoms in total. The van der Waals surface area contributed by atoms with Crippen molar-refractivity contribution >= 4 is 35.7 Å². The molecule has 0 aromatic carbocycles. The molecule has 1 aromatic heterocycles. The molecule has 0 aliphatic carbocycles. The molecule has 0 saturated carbocycles. The van der Waals surface area contributed by atoms with Crippen molar-refractivity contribution in [2.24, 2.45) is 5.92 Å². The van der Waals surface area contributed by atoms with Crippen molar-refractivity contribution in [3.8, 4) is 0 Å². The van der Waals surface area contributed by atoms with Gasteiger partial charge < -0.3 is 10.6 Å². The van der Waals surface area contributed by atoms with Crippen LogP contribution >= 0.6 is 24.0 Å². The minimum absolute atomic E-state index is 0. The lowest BCUT2D eigenvalue weighted by Gasteiger charge is -2.26. The maximum atomic E-state index is 11.4. The van der Waals surface area contributed by atoms with Crippen LogP contribution in [0.5, 0.6) is 0 Å². The number of nitrogens with one attached hydrogen (secondary N) is 3. The highest BCUT2D eigenvalue weighted by Gasteiger charge is 2.20. The molecule has 3 N–H and O–H groups in total. The van der Waals surface area contributed by atoms with Gasteiger partial charge in [0.2, 0.25) is 5.91 Å². The zero-order valence-corrected chi connectivity index (χ0v) is 9.49. The van der Waals surface area contributed by atoms with Gasteiger partial charge in [0, 0.05) is 12.5 Å². The van der Waals surface area contributed by atoms with Crippen LogP contribution in [0.3, 0.4) is 0 Å². The fraction of sp³-hybridized carbons (Fsp3) is 0.500. The standard InChI is InChI=1S/C8H11ClN4O.ClH/c9-6-2-7(13-12-6)11-8(14)1-5-3-10-4-5;/h2,5,10H,1,3-4H2,(H2,11,12,13,14);1H. The van der Waals surface area contributed by atoms with Gasteiger partial charge in [0.15, 0.2) is 5.82 Å². The van der Waals surface area contributed by atoms with E-state index in [1.165, 1.54) is 0 Å². The van der Waals surface area contributed by atoms with E-state index in [9.17, 15) is 4.79 Å². The predicted molar refractivity (Wildman–Crippen MR) is 60.5 cm³/mol. The number of halogens is 2. The number of nitrogens with zero attached hydrogens (tertiary/aromatic N) is 1. The summed E-state index contributed by atoms with van der Waals surface area (Å²) in [6, 6.07) is 1.58. The zero-order valence-electron chi connectivity index (χ0n) is 7.92. The smallest absolute Gasteiger partial charge is 0.225 e. The summed E-state index contributed by atoms with van der Waals surface area (Å²) in [7, 11) is 0. The third-order valence-electron chi connectivity index (χ3n) is 2.15. The Balaban J connectivity index is 0.00000112. The summed E-state index contributed by atoms with van der Waals surface area (Å²) in [6.45, 7) is 1.85. The molecule has 1 aliphatic rings. The van der Waals surface area contributed by atoms with Gasteiger partial charge in [0.1, 0.15) is 5.15 Å². The molecule has 1 saturated heterocycles. The van der Waals surface area contributed by atoms with Gasteiger partial charge in [-0.05, 0) is 19.0 Å². The highest BCUT2D eigenvalue weighted by Crippen LogP contribution is 2.12.